The molecule has 0 atom stereocenters. The summed E-state index contributed by atoms with van der Waals surface area (Å²) in [5.41, 5.74) is 0.693. The first-order valence-electron chi connectivity index (χ1n) is 18.3. The van der Waals surface area contributed by atoms with Crippen molar-refractivity contribution in [2.75, 3.05) is 0 Å². The van der Waals surface area contributed by atoms with Gasteiger partial charge in [0.1, 0.15) is 0 Å². The molecular weight excluding hydrogens is 488 g/mol. The molecule has 1 nitrogen and oxygen atoms in total. The Morgan fingerprint density at radius 2 is 0.641 bits per heavy atom. The lowest BCUT2D eigenvalue weighted by atomic mass is 10.0. The van der Waals surface area contributed by atoms with Crippen LogP contribution in [0.15, 0.2) is 24.3 Å². The Kier molecular flexibility index (Phi) is 35.4. The molecule has 0 saturated carbocycles. The van der Waals surface area contributed by atoms with E-state index >= 15 is 0 Å². The van der Waals surface area contributed by atoms with Gasteiger partial charge in [0.05, 0.1) is 0 Å². The molecule has 0 unspecified atom stereocenters. The van der Waals surface area contributed by atoms with Gasteiger partial charge in [-0.15, -0.1) is 0 Å². The summed E-state index contributed by atoms with van der Waals surface area (Å²) in [7, 11) is -0.819. The van der Waals surface area contributed by atoms with Crippen LogP contribution in [0.1, 0.15) is 206 Å². The molecule has 0 aromatic heterocycles. The fourth-order valence-electron chi connectivity index (χ4n) is 5.69. The molecule has 39 heavy (non-hydrogen) atoms. The molecule has 0 aromatic carbocycles. The molecule has 0 spiro atoms. The average Bonchev–Trinajstić information content (AvgIpc) is 2.95. The van der Waals surface area contributed by atoms with Crippen molar-refractivity contribution in [3.8, 4) is 0 Å². The van der Waals surface area contributed by atoms with E-state index < -0.39 is 9.76 Å². The number of hydrogen-bond acceptors (Lipinski definition) is 1. The summed E-state index contributed by atoms with van der Waals surface area (Å²) in [4.78, 5) is 9.90. The Morgan fingerprint density at radius 3 is 0.923 bits per heavy atom. The molecule has 232 valence electrons. The topological polar surface area (TPSA) is 20.2 Å². The van der Waals surface area contributed by atoms with Crippen LogP contribution >= 0.6 is 0 Å². The maximum Gasteiger partial charge on any atom is 0.159 e. The van der Waals surface area contributed by atoms with Gasteiger partial charge in [-0.2, -0.15) is 0 Å². The minimum Gasteiger partial charge on any atom is -0.438 e. The van der Waals surface area contributed by atoms with Crippen LogP contribution < -0.4 is 0 Å². The standard InChI is InChI=1S/C37H74OSi/c1-3-5-7-9-11-13-15-17-19-21-23-25-27-29-31-33-35-37(39-38)36-34-32-30-28-26-24-22-20-18-16-14-12-10-8-6-4-2/h17-20,37-38H,3-16,21-36,39H2,1-2H3/b19-17-,20-18-. The molecule has 2 heteroatoms. The van der Waals surface area contributed by atoms with E-state index in [9.17, 15) is 4.80 Å². The second kappa shape index (κ2) is 35.7. The summed E-state index contributed by atoms with van der Waals surface area (Å²) in [6, 6.07) is 0. The third-order valence-corrected chi connectivity index (χ3v) is 9.84. The van der Waals surface area contributed by atoms with E-state index in [2.05, 4.69) is 38.2 Å². The van der Waals surface area contributed by atoms with Gasteiger partial charge in [0.25, 0.3) is 0 Å². The second-order valence-corrected chi connectivity index (χ2v) is 14.0. The van der Waals surface area contributed by atoms with Crippen LogP contribution in [0, 0.1) is 0 Å². The predicted octanol–water partition coefficient (Wildman–Crippen LogP) is 12.7. The lowest BCUT2D eigenvalue weighted by Gasteiger charge is -2.13. The van der Waals surface area contributed by atoms with Crippen molar-refractivity contribution in [2.45, 2.75) is 212 Å². The fourth-order valence-corrected chi connectivity index (χ4v) is 6.63. The molecule has 0 aromatic rings. The van der Waals surface area contributed by atoms with E-state index in [-0.39, 0.29) is 0 Å². The molecular formula is C37H74OSi. The normalized spacial score (nSPS) is 12.4. The monoisotopic (exact) mass is 563 g/mol. The fraction of sp³-hybridized carbons (Fsp3) is 0.892. The summed E-state index contributed by atoms with van der Waals surface area (Å²) in [5, 5.41) is 0. The lowest BCUT2D eigenvalue weighted by Crippen LogP contribution is -2.03. The summed E-state index contributed by atoms with van der Waals surface area (Å²) in [6.45, 7) is 4.58. The van der Waals surface area contributed by atoms with Crippen LogP contribution in [0.2, 0.25) is 5.54 Å². The zero-order valence-corrected chi connectivity index (χ0v) is 28.7. The minimum absolute atomic E-state index is 0.693. The number of allylic oxidation sites excluding steroid dienone is 4. The molecule has 0 heterocycles. The van der Waals surface area contributed by atoms with Crippen molar-refractivity contribution >= 4 is 9.76 Å². The Labute approximate surface area is 250 Å². The molecule has 0 rings (SSSR count). The number of unbranched alkanes of at least 4 members (excludes halogenated alkanes) is 24. The average molecular weight is 563 g/mol. The first-order chi connectivity index (χ1) is 19.3. The van der Waals surface area contributed by atoms with Gasteiger partial charge in [0, 0.05) is 0 Å². The SMILES string of the molecule is CCCCCCCC/C=C\CCCCCCCCC(CCCCCCCC/C=C\CCCCCCCC)[SiH2]O. The van der Waals surface area contributed by atoms with Crippen LogP contribution in [-0.2, 0) is 0 Å². The van der Waals surface area contributed by atoms with Gasteiger partial charge in [-0.25, -0.2) is 0 Å². The first-order valence-corrected chi connectivity index (χ1v) is 19.7. The Morgan fingerprint density at radius 1 is 0.385 bits per heavy atom. The molecule has 0 bridgehead atoms. The summed E-state index contributed by atoms with van der Waals surface area (Å²) < 4.78 is 0. The second-order valence-electron chi connectivity index (χ2n) is 12.5. The van der Waals surface area contributed by atoms with Crippen molar-refractivity contribution < 1.29 is 4.80 Å². The predicted molar refractivity (Wildman–Crippen MR) is 183 cm³/mol. The van der Waals surface area contributed by atoms with Crippen molar-refractivity contribution in [1.82, 2.24) is 0 Å². The smallest absolute Gasteiger partial charge is 0.159 e. The maximum atomic E-state index is 9.90. The van der Waals surface area contributed by atoms with E-state index in [1.54, 1.807) is 0 Å². The van der Waals surface area contributed by atoms with Crippen LogP contribution in [0.4, 0.5) is 0 Å². The van der Waals surface area contributed by atoms with Crippen molar-refractivity contribution in [3.05, 3.63) is 24.3 Å². The van der Waals surface area contributed by atoms with Gasteiger partial charge in [-0.3, -0.25) is 0 Å². The quantitative estimate of drug-likeness (QED) is 0.0479. The largest absolute Gasteiger partial charge is 0.438 e. The molecule has 0 aliphatic rings. The molecule has 1 N–H and O–H groups in total. The summed E-state index contributed by atoms with van der Waals surface area (Å²) >= 11 is 0. The number of rotatable bonds is 33. The zero-order chi connectivity index (χ0) is 28.3. The van der Waals surface area contributed by atoms with Crippen molar-refractivity contribution in [3.63, 3.8) is 0 Å². The highest BCUT2D eigenvalue weighted by atomic mass is 28.2. The van der Waals surface area contributed by atoms with Gasteiger partial charge in [-0.1, -0.05) is 179 Å². The molecule has 0 radical (unpaired) electrons. The highest BCUT2D eigenvalue weighted by molar-refractivity contribution is 6.27. The van der Waals surface area contributed by atoms with Gasteiger partial charge in [-0.05, 0) is 56.9 Å². The van der Waals surface area contributed by atoms with Crippen LogP contribution in [-0.4, -0.2) is 14.6 Å². The molecule has 0 amide bonds. The van der Waals surface area contributed by atoms with Gasteiger partial charge in [0.2, 0.25) is 0 Å². The van der Waals surface area contributed by atoms with Crippen molar-refractivity contribution in [2.24, 2.45) is 0 Å². The molecule has 0 aliphatic heterocycles. The molecule has 0 aliphatic carbocycles. The first kappa shape index (κ1) is 38.7. The molecule has 0 saturated heterocycles. The van der Waals surface area contributed by atoms with E-state index in [1.165, 1.54) is 193 Å². The maximum absolute atomic E-state index is 9.90. The van der Waals surface area contributed by atoms with Crippen LogP contribution in [0.25, 0.3) is 0 Å². The third-order valence-electron chi connectivity index (χ3n) is 8.51. The zero-order valence-electron chi connectivity index (χ0n) is 27.3. The van der Waals surface area contributed by atoms with Gasteiger partial charge >= 0.3 is 0 Å². The van der Waals surface area contributed by atoms with E-state index in [0.717, 1.165) is 0 Å². The summed E-state index contributed by atoms with van der Waals surface area (Å²) in [5.74, 6) is 0. The highest BCUT2D eigenvalue weighted by Crippen LogP contribution is 2.23. The van der Waals surface area contributed by atoms with Crippen LogP contribution in [0.3, 0.4) is 0 Å². The Bertz CT molecular complexity index is 444. The third kappa shape index (κ3) is 33.8. The van der Waals surface area contributed by atoms with Crippen LogP contribution in [0.5, 0.6) is 0 Å². The number of hydrogen-bond donors (Lipinski definition) is 1. The minimum atomic E-state index is -0.819. The van der Waals surface area contributed by atoms with Crippen molar-refractivity contribution in [1.29, 1.82) is 0 Å². The highest BCUT2D eigenvalue weighted by Gasteiger charge is 2.07. The Balaban J connectivity index is 3.34. The van der Waals surface area contributed by atoms with E-state index in [1.807, 2.05) is 0 Å². The van der Waals surface area contributed by atoms with E-state index in [0.29, 0.717) is 5.54 Å². The Hall–Kier alpha value is -0.343. The van der Waals surface area contributed by atoms with Gasteiger partial charge < -0.3 is 4.80 Å². The van der Waals surface area contributed by atoms with E-state index in [4.69, 9.17) is 0 Å². The van der Waals surface area contributed by atoms with Gasteiger partial charge in [0.15, 0.2) is 9.76 Å². The molecule has 0 fully saturated rings. The summed E-state index contributed by atoms with van der Waals surface area (Å²) in [6.07, 6.45) is 50.9. The lowest BCUT2D eigenvalue weighted by molar-refractivity contribution is 0.495.